The van der Waals surface area contributed by atoms with Gasteiger partial charge in [-0.05, 0) is 50.6 Å². The summed E-state index contributed by atoms with van der Waals surface area (Å²) < 4.78 is 7.19. The van der Waals surface area contributed by atoms with Gasteiger partial charge in [0.1, 0.15) is 5.82 Å². The number of fused-ring (bicyclic) bond motifs is 1. The number of rotatable bonds is 6. The number of benzene rings is 1. The lowest BCUT2D eigenvalue weighted by Gasteiger charge is -2.13. The Morgan fingerprint density at radius 2 is 2.04 bits per heavy atom. The van der Waals surface area contributed by atoms with Gasteiger partial charge in [0.25, 0.3) is 5.56 Å². The van der Waals surface area contributed by atoms with Gasteiger partial charge in [0.2, 0.25) is 0 Å². The van der Waals surface area contributed by atoms with E-state index in [-0.39, 0.29) is 11.7 Å². The second-order valence-corrected chi connectivity index (χ2v) is 7.07. The first-order valence-electron chi connectivity index (χ1n) is 8.25. The Labute approximate surface area is 151 Å². The Morgan fingerprint density at radius 3 is 2.80 bits per heavy atom. The Kier molecular flexibility index (Phi) is 5.50. The summed E-state index contributed by atoms with van der Waals surface area (Å²) in [5.41, 5.74) is 1.64. The molecule has 0 aliphatic heterocycles. The molecule has 25 heavy (non-hydrogen) atoms. The van der Waals surface area contributed by atoms with Crippen molar-refractivity contribution in [2.75, 3.05) is 12.4 Å². The van der Waals surface area contributed by atoms with Gasteiger partial charge in [-0.2, -0.15) is 0 Å². The fourth-order valence-electron chi connectivity index (χ4n) is 2.47. The van der Waals surface area contributed by atoms with Crippen molar-refractivity contribution in [2.45, 2.75) is 32.0 Å². The summed E-state index contributed by atoms with van der Waals surface area (Å²) in [6.45, 7) is 6.59. The summed E-state index contributed by atoms with van der Waals surface area (Å²) >= 11 is 1.51. The number of nitrogens with zero attached hydrogens (tertiary/aromatic N) is 3. The van der Waals surface area contributed by atoms with Crippen LogP contribution in [0.5, 0.6) is 0 Å². The van der Waals surface area contributed by atoms with Crippen molar-refractivity contribution >= 4 is 22.7 Å². The van der Waals surface area contributed by atoms with Crippen molar-refractivity contribution < 1.29 is 4.74 Å². The third-order valence-electron chi connectivity index (χ3n) is 3.64. The van der Waals surface area contributed by atoms with Crippen LogP contribution in [0.3, 0.4) is 0 Å². The van der Waals surface area contributed by atoms with Gasteiger partial charge in [-0.15, -0.1) is 0 Å². The van der Waals surface area contributed by atoms with Crippen molar-refractivity contribution in [3.63, 3.8) is 0 Å². The van der Waals surface area contributed by atoms with E-state index in [1.54, 1.807) is 16.8 Å². The second kappa shape index (κ2) is 7.80. The van der Waals surface area contributed by atoms with E-state index in [2.05, 4.69) is 9.97 Å². The van der Waals surface area contributed by atoms with Gasteiger partial charge in [0.15, 0.2) is 5.16 Å². The largest absolute Gasteiger partial charge is 0.378 e. The molecule has 1 aromatic carbocycles. The van der Waals surface area contributed by atoms with Crippen LogP contribution < -0.4 is 5.56 Å². The number of hydrogen-bond donors (Lipinski definition) is 0. The van der Waals surface area contributed by atoms with Crippen molar-refractivity contribution in [3.05, 3.63) is 58.5 Å². The molecule has 0 N–H and O–H groups in total. The van der Waals surface area contributed by atoms with Crippen LogP contribution in [0.2, 0.25) is 0 Å². The second-order valence-electron chi connectivity index (χ2n) is 6.01. The zero-order chi connectivity index (χ0) is 17.8. The zero-order valence-corrected chi connectivity index (χ0v) is 15.4. The van der Waals surface area contributed by atoms with E-state index in [1.807, 2.05) is 51.1 Å². The SMILES string of the molecule is Cc1ccnc(-n2c(SCCOC(C)C)nc3ccccc3c2=O)c1. The Morgan fingerprint density at radius 1 is 1.24 bits per heavy atom. The maximum atomic E-state index is 13.0. The average molecular weight is 355 g/mol. The van der Waals surface area contributed by atoms with E-state index in [9.17, 15) is 4.79 Å². The Bertz CT molecular complexity index is 937. The van der Waals surface area contributed by atoms with Crippen LogP contribution in [-0.2, 0) is 4.74 Å². The van der Waals surface area contributed by atoms with Crippen molar-refractivity contribution in [1.82, 2.24) is 14.5 Å². The lowest BCUT2D eigenvalue weighted by Crippen LogP contribution is -2.23. The fraction of sp³-hybridized carbons (Fsp3) is 0.316. The number of aromatic nitrogens is 3. The minimum atomic E-state index is -0.101. The summed E-state index contributed by atoms with van der Waals surface area (Å²) in [6, 6.07) is 11.2. The molecular formula is C19H21N3O2S. The third-order valence-corrected chi connectivity index (χ3v) is 4.54. The maximum Gasteiger partial charge on any atom is 0.267 e. The molecule has 5 nitrogen and oxygen atoms in total. The number of hydrogen-bond acceptors (Lipinski definition) is 5. The highest BCUT2D eigenvalue weighted by atomic mass is 32.2. The predicted molar refractivity (Wildman–Crippen MR) is 102 cm³/mol. The van der Waals surface area contributed by atoms with Crippen LogP contribution in [0, 0.1) is 6.92 Å². The quantitative estimate of drug-likeness (QED) is 0.384. The maximum absolute atomic E-state index is 13.0. The predicted octanol–water partition coefficient (Wildman–Crippen LogP) is 3.61. The van der Waals surface area contributed by atoms with E-state index in [1.165, 1.54) is 11.8 Å². The molecule has 0 saturated carbocycles. The molecular weight excluding hydrogens is 334 g/mol. The standard InChI is InChI=1S/C19H21N3O2S/c1-13(2)24-10-11-25-19-21-16-7-5-4-6-15(16)18(23)22(19)17-12-14(3)8-9-20-17/h4-9,12-13H,10-11H2,1-3H3. The highest BCUT2D eigenvalue weighted by Crippen LogP contribution is 2.20. The summed E-state index contributed by atoms with van der Waals surface area (Å²) in [5, 5.41) is 1.22. The van der Waals surface area contributed by atoms with Gasteiger partial charge in [-0.3, -0.25) is 4.79 Å². The molecule has 0 amide bonds. The average Bonchev–Trinajstić information content (AvgIpc) is 2.59. The van der Waals surface area contributed by atoms with Crippen molar-refractivity contribution in [2.24, 2.45) is 0 Å². The van der Waals surface area contributed by atoms with Gasteiger partial charge in [-0.25, -0.2) is 14.5 Å². The van der Waals surface area contributed by atoms with Crippen molar-refractivity contribution in [3.8, 4) is 5.82 Å². The van der Waals surface area contributed by atoms with E-state index >= 15 is 0 Å². The van der Waals surface area contributed by atoms with E-state index in [0.29, 0.717) is 28.5 Å². The molecule has 0 unspecified atom stereocenters. The monoisotopic (exact) mass is 355 g/mol. The van der Waals surface area contributed by atoms with E-state index in [4.69, 9.17) is 4.74 Å². The summed E-state index contributed by atoms with van der Waals surface area (Å²) in [4.78, 5) is 22.1. The number of ether oxygens (including phenoxy) is 1. The molecule has 0 radical (unpaired) electrons. The summed E-state index contributed by atoms with van der Waals surface area (Å²) in [7, 11) is 0. The molecule has 3 rings (SSSR count). The highest BCUT2D eigenvalue weighted by Gasteiger charge is 2.14. The molecule has 0 spiro atoms. The number of thioether (sulfide) groups is 1. The Balaban J connectivity index is 2.06. The van der Waals surface area contributed by atoms with Crippen LogP contribution in [0.15, 0.2) is 52.5 Å². The molecule has 3 aromatic rings. The Hall–Kier alpha value is -2.18. The van der Waals surface area contributed by atoms with Gasteiger partial charge < -0.3 is 4.74 Å². The van der Waals surface area contributed by atoms with Crippen LogP contribution in [0.25, 0.3) is 16.7 Å². The first-order valence-corrected chi connectivity index (χ1v) is 9.24. The van der Waals surface area contributed by atoms with Crippen LogP contribution in [0.4, 0.5) is 0 Å². The normalized spacial score (nSPS) is 11.4. The molecule has 0 fully saturated rings. The van der Waals surface area contributed by atoms with Gasteiger partial charge in [-0.1, -0.05) is 23.9 Å². The fourth-order valence-corrected chi connectivity index (χ4v) is 3.30. The number of para-hydroxylation sites is 1. The minimum Gasteiger partial charge on any atom is -0.378 e. The number of pyridine rings is 1. The number of aryl methyl sites for hydroxylation is 1. The van der Waals surface area contributed by atoms with E-state index in [0.717, 1.165) is 11.3 Å². The molecule has 0 atom stereocenters. The lowest BCUT2D eigenvalue weighted by molar-refractivity contribution is 0.0920. The van der Waals surface area contributed by atoms with Gasteiger partial charge >= 0.3 is 0 Å². The molecule has 6 heteroatoms. The van der Waals surface area contributed by atoms with Gasteiger partial charge in [0, 0.05) is 11.9 Å². The van der Waals surface area contributed by atoms with Crippen LogP contribution >= 0.6 is 11.8 Å². The first-order chi connectivity index (χ1) is 12.1. The summed E-state index contributed by atoms with van der Waals surface area (Å²) in [5.74, 6) is 1.31. The highest BCUT2D eigenvalue weighted by molar-refractivity contribution is 7.99. The molecule has 130 valence electrons. The molecule has 2 aromatic heterocycles. The lowest BCUT2D eigenvalue weighted by atomic mass is 10.2. The van der Waals surface area contributed by atoms with Crippen molar-refractivity contribution in [1.29, 1.82) is 0 Å². The molecule has 0 bridgehead atoms. The third kappa shape index (κ3) is 4.08. The molecule has 2 heterocycles. The summed E-state index contributed by atoms with van der Waals surface area (Å²) in [6.07, 6.45) is 1.90. The van der Waals surface area contributed by atoms with Gasteiger partial charge in [0.05, 0.1) is 23.6 Å². The first kappa shape index (κ1) is 17.6. The smallest absolute Gasteiger partial charge is 0.267 e. The topological polar surface area (TPSA) is 57.0 Å². The molecule has 0 saturated heterocycles. The minimum absolute atomic E-state index is 0.101. The molecule has 0 aliphatic carbocycles. The van der Waals surface area contributed by atoms with E-state index < -0.39 is 0 Å². The molecule has 0 aliphatic rings. The van der Waals surface area contributed by atoms with Crippen LogP contribution in [0.1, 0.15) is 19.4 Å². The zero-order valence-electron chi connectivity index (χ0n) is 14.6. The van der Waals surface area contributed by atoms with Crippen LogP contribution in [-0.4, -0.2) is 33.0 Å².